The van der Waals surface area contributed by atoms with E-state index < -0.39 is 0 Å². The van der Waals surface area contributed by atoms with Crippen molar-refractivity contribution < 1.29 is 5.11 Å². The van der Waals surface area contributed by atoms with Crippen LogP contribution >= 0.6 is 15.9 Å². The first kappa shape index (κ1) is 17.5. The first-order chi connectivity index (χ1) is 9.37. The number of aliphatic hydroxyl groups is 1. The molecular formula is C16H27BrN2O. The molecule has 0 aliphatic heterocycles. The molecule has 1 aromatic rings. The summed E-state index contributed by atoms with van der Waals surface area (Å²) >= 11 is 3.56. The average molecular weight is 343 g/mol. The Labute approximate surface area is 131 Å². The fourth-order valence-corrected chi connectivity index (χ4v) is 2.40. The Hall–Kier alpha value is -0.580. The number of aliphatic hydroxyl groups excluding tert-OH is 1. The van der Waals surface area contributed by atoms with Gasteiger partial charge in [0, 0.05) is 41.9 Å². The van der Waals surface area contributed by atoms with Crippen molar-refractivity contribution in [1.29, 1.82) is 0 Å². The van der Waals surface area contributed by atoms with Gasteiger partial charge in [0.15, 0.2) is 0 Å². The van der Waals surface area contributed by atoms with Gasteiger partial charge < -0.3 is 15.3 Å². The summed E-state index contributed by atoms with van der Waals surface area (Å²) in [6.45, 7) is 11.6. The van der Waals surface area contributed by atoms with Crippen LogP contribution in [-0.2, 0) is 6.54 Å². The molecule has 0 aliphatic rings. The van der Waals surface area contributed by atoms with Crippen LogP contribution in [0.2, 0.25) is 0 Å². The van der Waals surface area contributed by atoms with E-state index in [2.05, 4.69) is 72.0 Å². The van der Waals surface area contributed by atoms with Crippen LogP contribution in [0.25, 0.3) is 0 Å². The van der Waals surface area contributed by atoms with Crippen LogP contribution in [-0.4, -0.2) is 30.3 Å². The predicted octanol–water partition coefficient (Wildman–Crippen LogP) is 3.55. The zero-order valence-electron chi connectivity index (χ0n) is 13.0. The Bertz CT molecular complexity index is 415. The van der Waals surface area contributed by atoms with Crippen molar-refractivity contribution in [3.63, 3.8) is 0 Å². The molecule has 4 heteroatoms. The van der Waals surface area contributed by atoms with E-state index >= 15 is 0 Å². The molecular weight excluding hydrogens is 316 g/mol. The smallest absolute Gasteiger partial charge is 0.0447 e. The van der Waals surface area contributed by atoms with Gasteiger partial charge in [0.1, 0.15) is 0 Å². The zero-order valence-corrected chi connectivity index (χ0v) is 14.6. The maximum absolute atomic E-state index is 9.04. The standard InChI is InChI=1S/C16H27BrN2O/c1-5-19(9-6-10-20)15-11-14(17)8-7-13(15)12-18-16(2,3)4/h7-8,11,18,20H,5-6,9-10,12H2,1-4H3. The molecule has 0 atom stereocenters. The van der Waals surface area contributed by atoms with Crippen molar-refractivity contribution in [3.8, 4) is 0 Å². The van der Waals surface area contributed by atoms with E-state index in [-0.39, 0.29) is 12.1 Å². The van der Waals surface area contributed by atoms with E-state index in [9.17, 15) is 0 Å². The first-order valence-electron chi connectivity index (χ1n) is 7.26. The maximum atomic E-state index is 9.04. The highest BCUT2D eigenvalue weighted by Crippen LogP contribution is 2.26. The molecule has 0 amide bonds. The van der Waals surface area contributed by atoms with Gasteiger partial charge in [-0.1, -0.05) is 22.0 Å². The van der Waals surface area contributed by atoms with Crippen molar-refractivity contribution in [1.82, 2.24) is 5.32 Å². The highest BCUT2D eigenvalue weighted by Gasteiger charge is 2.13. The summed E-state index contributed by atoms with van der Waals surface area (Å²) in [5.74, 6) is 0. The molecule has 0 radical (unpaired) electrons. The molecule has 0 heterocycles. The molecule has 114 valence electrons. The van der Waals surface area contributed by atoms with Gasteiger partial charge in [0.25, 0.3) is 0 Å². The van der Waals surface area contributed by atoms with Crippen LogP contribution < -0.4 is 10.2 Å². The third-order valence-corrected chi connectivity index (χ3v) is 3.66. The summed E-state index contributed by atoms with van der Waals surface area (Å²) in [4.78, 5) is 2.32. The van der Waals surface area contributed by atoms with Gasteiger partial charge in [-0.25, -0.2) is 0 Å². The minimum absolute atomic E-state index is 0.104. The van der Waals surface area contributed by atoms with Crippen LogP contribution in [0.15, 0.2) is 22.7 Å². The third-order valence-electron chi connectivity index (χ3n) is 3.17. The number of benzene rings is 1. The summed E-state index contributed by atoms with van der Waals surface area (Å²) in [5, 5.41) is 12.6. The third kappa shape index (κ3) is 5.81. The van der Waals surface area contributed by atoms with Gasteiger partial charge in [-0.2, -0.15) is 0 Å². The summed E-state index contributed by atoms with van der Waals surface area (Å²) in [7, 11) is 0. The largest absolute Gasteiger partial charge is 0.396 e. The molecule has 0 saturated carbocycles. The predicted molar refractivity (Wildman–Crippen MR) is 90.3 cm³/mol. The minimum Gasteiger partial charge on any atom is -0.396 e. The Balaban J connectivity index is 2.93. The van der Waals surface area contributed by atoms with Crippen molar-refractivity contribution >= 4 is 21.6 Å². The highest BCUT2D eigenvalue weighted by atomic mass is 79.9. The van der Waals surface area contributed by atoms with Gasteiger partial charge in [-0.15, -0.1) is 0 Å². The SMILES string of the molecule is CCN(CCCO)c1cc(Br)ccc1CNC(C)(C)C. The number of rotatable bonds is 7. The minimum atomic E-state index is 0.104. The fraction of sp³-hybridized carbons (Fsp3) is 0.625. The lowest BCUT2D eigenvalue weighted by Crippen LogP contribution is -2.36. The zero-order chi connectivity index (χ0) is 15.2. The summed E-state index contributed by atoms with van der Waals surface area (Å²) in [6.07, 6.45) is 0.798. The van der Waals surface area contributed by atoms with Crippen molar-refractivity contribution in [3.05, 3.63) is 28.2 Å². The lowest BCUT2D eigenvalue weighted by molar-refractivity contribution is 0.289. The second kappa shape index (κ2) is 8.01. The molecule has 1 aromatic carbocycles. The van der Waals surface area contributed by atoms with Gasteiger partial charge >= 0.3 is 0 Å². The molecule has 20 heavy (non-hydrogen) atoms. The quantitative estimate of drug-likeness (QED) is 0.795. The molecule has 0 aromatic heterocycles. The van der Waals surface area contributed by atoms with Gasteiger partial charge in [-0.3, -0.25) is 0 Å². The van der Waals surface area contributed by atoms with Gasteiger partial charge in [0.2, 0.25) is 0 Å². The Morgan fingerprint density at radius 2 is 2.00 bits per heavy atom. The van der Waals surface area contributed by atoms with E-state index in [0.717, 1.165) is 30.5 Å². The van der Waals surface area contributed by atoms with Crippen LogP contribution in [0.1, 0.15) is 39.7 Å². The fourth-order valence-electron chi connectivity index (χ4n) is 2.05. The van der Waals surface area contributed by atoms with Crippen molar-refractivity contribution in [2.45, 2.75) is 46.2 Å². The van der Waals surface area contributed by atoms with E-state index in [4.69, 9.17) is 5.11 Å². The molecule has 2 N–H and O–H groups in total. The van der Waals surface area contributed by atoms with Crippen LogP contribution in [0.4, 0.5) is 5.69 Å². The number of anilines is 1. The molecule has 1 rings (SSSR count). The molecule has 0 unspecified atom stereocenters. The first-order valence-corrected chi connectivity index (χ1v) is 8.06. The Kier molecular flexibility index (Phi) is 7.00. The van der Waals surface area contributed by atoms with Gasteiger partial charge in [0.05, 0.1) is 0 Å². The molecule has 0 aliphatic carbocycles. The number of hydrogen-bond donors (Lipinski definition) is 2. The van der Waals surface area contributed by atoms with Crippen molar-refractivity contribution in [2.24, 2.45) is 0 Å². The van der Waals surface area contributed by atoms with E-state index in [1.807, 2.05) is 0 Å². The molecule has 0 bridgehead atoms. The molecule has 0 saturated heterocycles. The number of hydrogen-bond acceptors (Lipinski definition) is 3. The van der Waals surface area contributed by atoms with Gasteiger partial charge in [-0.05, 0) is 51.8 Å². The molecule has 3 nitrogen and oxygen atoms in total. The molecule has 0 fully saturated rings. The topological polar surface area (TPSA) is 35.5 Å². The number of halogens is 1. The van der Waals surface area contributed by atoms with E-state index in [0.29, 0.717) is 0 Å². The van der Waals surface area contributed by atoms with Crippen LogP contribution in [0.5, 0.6) is 0 Å². The summed E-state index contributed by atoms with van der Waals surface area (Å²) in [6, 6.07) is 6.42. The number of nitrogens with one attached hydrogen (secondary N) is 1. The lowest BCUT2D eigenvalue weighted by Gasteiger charge is -2.28. The Morgan fingerprint density at radius 1 is 1.30 bits per heavy atom. The van der Waals surface area contributed by atoms with Crippen LogP contribution in [0, 0.1) is 0 Å². The average Bonchev–Trinajstić information content (AvgIpc) is 2.37. The highest BCUT2D eigenvalue weighted by molar-refractivity contribution is 9.10. The maximum Gasteiger partial charge on any atom is 0.0447 e. The monoisotopic (exact) mass is 342 g/mol. The second-order valence-electron chi connectivity index (χ2n) is 6.03. The summed E-state index contributed by atoms with van der Waals surface area (Å²) in [5.41, 5.74) is 2.64. The normalized spacial score (nSPS) is 11.7. The Morgan fingerprint density at radius 3 is 2.55 bits per heavy atom. The van der Waals surface area contributed by atoms with E-state index in [1.54, 1.807) is 0 Å². The summed E-state index contributed by atoms with van der Waals surface area (Å²) < 4.78 is 1.09. The lowest BCUT2D eigenvalue weighted by atomic mass is 10.1. The van der Waals surface area contributed by atoms with Crippen LogP contribution in [0.3, 0.4) is 0 Å². The molecule has 0 spiro atoms. The number of nitrogens with zero attached hydrogens (tertiary/aromatic N) is 1. The van der Waals surface area contributed by atoms with E-state index in [1.165, 1.54) is 11.3 Å². The van der Waals surface area contributed by atoms with Crippen molar-refractivity contribution in [2.75, 3.05) is 24.6 Å². The second-order valence-corrected chi connectivity index (χ2v) is 6.95.